The van der Waals surface area contributed by atoms with Crippen LogP contribution in [0, 0.1) is 5.82 Å². The quantitative estimate of drug-likeness (QED) is 0.401. The maximum atomic E-state index is 14.5. The van der Waals surface area contributed by atoms with Crippen LogP contribution in [0.5, 0.6) is 5.75 Å². The largest absolute Gasteiger partial charge is 0.506 e. The molecular weight excluding hydrogens is 413 g/mol. The van der Waals surface area contributed by atoms with Crippen molar-refractivity contribution in [1.82, 2.24) is 9.97 Å². The average Bonchev–Trinajstić information content (AvgIpc) is 2.82. The van der Waals surface area contributed by atoms with Crippen LogP contribution in [0.1, 0.15) is 0 Å². The molecule has 0 spiro atoms. The van der Waals surface area contributed by atoms with Gasteiger partial charge in [0.2, 0.25) is 11.9 Å². The normalized spacial score (nSPS) is 13.5. The first-order valence-corrected chi connectivity index (χ1v) is 10.0. The number of rotatable bonds is 6. The number of benzene rings is 2. The molecule has 1 aliphatic rings. The molecule has 3 N–H and O–H groups in total. The number of nitrogens with zero attached hydrogens (tertiary/aromatic N) is 3. The predicted molar refractivity (Wildman–Crippen MR) is 121 cm³/mol. The number of phenolic OH excluding ortho intramolecular Hbond substituents is 1. The Balaban J connectivity index is 1.59. The van der Waals surface area contributed by atoms with Gasteiger partial charge in [-0.05, 0) is 36.4 Å². The van der Waals surface area contributed by atoms with Gasteiger partial charge in [0.1, 0.15) is 11.4 Å². The topological polar surface area (TPSA) is 99.6 Å². The lowest BCUT2D eigenvalue weighted by atomic mass is 10.1. The second-order valence-electron chi connectivity index (χ2n) is 7.09. The first-order chi connectivity index (χ1) is 15.5. The third-order valence-corrected chi connectivity index (χ3v) is 4.92. The van der Waals surface area contributed by atoms with E-state index in [1.807, 2.05) is 4.90 Å². The Morgan fingerprint density at radius 3 is 2.78 bits per heavy atom. The maximum Gasteiger partial charge on any atom is 0.247 e. The van der Waals surface area contributed by atoms with E-state index >= 15 is 0 Å². The zero-order chi connectivity index (χ0) is 22.5. The number of phenols is 1. The van der Waals surface area contributed by atoms with Gasteiger partial charge in [-0.2, -0.15) is 0 Å². The van der Waals surface area contributed by atoms with Crippen LogP contribution in [0.25, 0.3) is 11.3 Å². The summed E-state index contributed by atoms with van der Waals surface area (Å²) in [6, 6.07) is 11.8. The van der Waals surface area contributed by atoms with Crippen LogP contribution < -0.4 is 15.5 Å². The Hall–Kier alpha value is -3.98. The van der Waals surface area contributed by atoms with Crippen LogP contribution in [0.15, 0.2) is 61.3 Å². The smallest absolute Gasteiger partial charge is 0.247 e. The second-order valence-corrected chi connectivity index (χ2v) is 7.09. The monoisotopic (exact) mass is 435 g/mol. The van der Waals surface area contributed by atoms with Crippen molar-refractivity contribution in [1.29, 1.82) is 0 Å². The van der Waals surface area contributed by atoms with Crippen molar-refractivity contribution in [2.24, 2.45) is 0 Å². The molecule has 0 radical (unpaired) electrons. The lowest BCUT2D eigenvalue weighted by molar-refractivity contribution is -0.111. The minimum absolute atomic E-state index is 0.0874. The number of hydrogen-bond acceptors (Lipinski definition) is 7. The van der Waals surface area contributed by atoms with Crippen molar-refractivity contribution in [3.63, 3.8) is 0 Å². The molecule has 3 aromatic rings. The highest BCUT2D eigenvalue weighted by Gasteiger charge is 2.16. The van der Waals surface area contributed by atoms with Crippen molar-refractivity contribution in [2.75, 3.05) is 41.8 Å². The van der Waals surface area contributed by atoms with E-state index in [-0.39, 0.29) is 23.3 Å². The van der Waals surface area contributed by atoms with Crippen molar-refractivity contribution in [2.45, 2.75) is 0 Å². The molecule has 8 nitrogen and oxygen atoms in total. The number of aromatic hydroxyl groups is 1. The van der Waals surface area contributed by atoms with E-state index in [1.54, 1.807) is 42.5 Å². The first kappa shape index (κ1) is 21.3. The number of carbonyl (C=O) groups is 1. The first-order valence-electron chi connectivity index (χ1n) is 10.0. The van der Waals surface area contributed by atoms with Crippen LogP contribution in [0.3, 0.4) is 0 Å². The molecule has 0 saturated carbocycles. The molecular formula is C23H22FN5O3. The fraction of sp³-hybridized carbons (Fsp3) is 0.174. The Labute approximate surface area is 184 Å². The molecule has 0 bridgehead atoms. The summed E-state index contributed by atoms with van der Waals surface area (Å²) >= 11 is 0. The summed E-state index contributed by atoms with van der Waals surface area (Å²) in [5, 5.41) is 16.0. The van der Waals surface area contributed by atoms with Crippen LogP contribution in [-0.2, 0) is 9.53 Å². The standard InChI is InChI=1S/C23H22FN5O3/c1-2-21(31)26-16-5-3-4-15(12-16)22-18(24)14-25-23(28-22)27-17-6-7-20(30)19(13-17)29-8-10-32-11-9-29/h2-7,12-14,30H,1,8-11H2,(H,26,31)(H,25,27,28). The van der Waals surface area contributed by atoms with Gasteiger partial charge in [-0.3, -0.25) is 4.79 Å². The van der Waals surface area contributed by atoms with E-state index in [4.69, 9.17) is 4.74 Å². The van der Waals surface area contributed by atoms with E-state index in [2.05, 4.69) is 27.2 Å². The van der Waals surface area contributed by atoms with Crippen molar-refractivity contribution >= 4 is 28.9 Å². The molecule has 9 heteroatoms. The molecule has 4 rings (SSSR count). The average molecular weight is 435 g/mol. The van der Waals surface area contributed by atoms with Crippen LogP contribution in [0.2, 0.25) is 0 Å². The van der Waals surface area contributed by atoms with Gasteiger partial charge in [-0.1, -0.05) is 18.7 Å². The highest BCUT2D eigenvalue weighted by Crippen LogP contribution is 2.32. The van der Waals surface area contributed by atoms with Crippen molar-refractivity contribution < 1.29 is 19.0 Å². The minimum atomic E-state index is -0.595. The fourth-order valence-electron chi connectivity index (χ4n) is 3.36. The molecule has 0 aliphatic carbocycles. The van der Waals surface area contributed by atoms with Crippen LogP contribution in [0.4, 0.5) is 27.4 Å². The predicted octanol–water partition coefficient (Wildman–Crippen LogP) is 3.69. The third-order valence-electron chi connectivity index (χ3n) is 4.92. The molecule has 1 fully saturated rings. The fourth-order valence-corrected chi connectivity index (χ4v) is 3.36. The Morgan fingerprint density at radius 2 is 2.00 bits per heavy atom. The lowest BCUT2D eigenvalue weighted by Crippen LogP contribution is -2.36. The number of anilines is 4. The van der Waals surface area contributed by atoms with Gasteiger partial charge in [0, 0.05) is 30.0 Å². The summed E-state index contributed by atoms with van der Waals surface area (Å²) in [7, 11) is 0. The number of halogens is 1. The summed E-state index contributed by atoms with van der Waals surface area (Å²) in [5.41, 5.74) is 2.38. The number of ether oxygens (including phenoxy) is 1. The molecule has 2 aromatic carbocycles. The highest BCUT2D eigenvalue weighted by atomic mass is 19.1. The molecule has 1 aliphatic heterocycles. The minimum Gasteiger partial charge on any atom is -0.506 e. The van der Waals surface area contributed by atoms with Gasteiger partial charge in [-0.15, -0.1) is 0 Å². The van der Waals surface area contributed by atoms with Crippen molar-refractivity contribution in [3.8, 4) is 17.0 Å². The number of amides is 1. The zero-order valence-corrected chi connectivity index (χ0v) is 17.2. The van der Waals surface area contributed by atoms with Gasteiger partial charge < -0.3 is 25.4 Å². The van der Waals surface area contributed by atoms with Crippen LogP contribution in [-0.4, -0.2) is 47.3 Å². The Bertz CT molecular complexity index is 1150. The molecule has 1 aromatic heterocycles. The second kappa shape index (κ2) is 9.44. The van der Waals surface area contributed by atoms with Gasteiger partial charge in [0.25, 0.3) is 0 Å². The van der Waals surface area contributed by atoms with E-state index in [0.717, 1.165) is 12.3 Å². The third kappa shape index (κ3) is 4.84. The van der Waals surface area contributed by atoms with Gasteiger partial charge in [0.05, 0.1) is 25.1 Å². The van der Waals surface area contributed by atoms with Crippen molar-refractivity contribution in [3.05, 3.63) is 67.1 Å². The van der Waals surface area contributed by atoms with E-state index in [9.17, 15) is 14.3 Å². The van der Waals surface area contributed by atoms with E-state index in [1.165, 1.54) is 0 Å². The Morgan fingerprint density at radius 1 is 1.19 bits per heavy atom. The summed E-state index contributed by atoms with van der Waals surface area (Å²) in [6.07, 6.45) is 2.24. The SMILES string of the molecule is C=CC(=O)Nc1cccc(-c2nc(Nc3ccc(O)c(N4CCOCC4)c3)ncc2F)c1. The molecule has 2 heterocycles. The van der Waals surface area contributed by atoms with Gasteiger partial charge >= 0.3 is 0 Å². The number of aromatic nitrogens is 2. The zero-order valence-electron chi connectivity index (χ0n) is 17.2. The number of morpholine rings is 1. The summed E-state index contributed by atoms with van der Waals surface area (Å²) < 4.78 is 19.9. The Kier molecular flexibility index (Phi) is 6.27. The van der Waals surface area contributed by atoms with Gasteiger partial charge in [-0.25, -0.2) is 14.4 Å². The molecule has 1 amide bonds. The lowest BCUT2D eigenvalue weighted by Gasteiger charge is -2.29. The molecule has 32 heavy (non-hydrogen) atoms. The number of carbonyl (C=O) groups excluding carboxylic acids is 1. The highest BCUT2D eigenvalue weighted by molar-refractivity contribution is 5.99. The van der Waals surface area contributed by atoms with Crippen LogP contribution >= 0.6 is 0 Å². The summed E-state index contributed by atoms with van der Waals surface area (Å²) in [5.74, 6) is -0.601. The van der Waals surface area contributed by atoms with E-state index < -0.39 is 5.82 Å². The molecule has 164 valence electrons. The molecule has 0 unspecified atom stereocenters. The summed E-state index contributed by atoms with van der Waals surface area (Å²) in [6.45, 7) is 5.95. The molecule has 1 saturated heterocycles. The number of hydrogen-bond donors (Lipinski definition) is 3. The van der Waals surface area contributed by atoms with E-state index in [0.29, 0.717) is 48.9 Å². The maximum absolute atomic E-state index is 14.5. The van der Waals surface area contributed by atoms with Gasteiger partial charge in [0.15, 0.2) is 5.82 Å². The number of nitrogens with one attached hydrogen (secondary N) is 2. The molecule has 0 atom stereocenters. The summed E-state index contributed by atoms with van der Waals surface area (Å²) in [4.78, 5) is 21.9.